The molecule has 16 heavy (non-hydrogen) atoms. The summed E-state index contributed by atoms with van der Waals surface area (Å²) in [4.78, 5) is 0. The molecule has 1 unspecified atom stereocenters. The number of rotatable bonds is 5. The molecule has 3 nitrogen and oxygen atoms in total. The summed E-state index contributed by atoms with van der Waals surface area (Å²) >= 11 is 0. The lowest BCUT2D eigenvalue weighted by Gasteiger charge is -2.35. The van der Waals surface area contributed by atoms with Gasteiger partial charge >= 0.3 is 0 Å². The third-order valence-corrected chi connectivity index (χ3v) is 3.35. The molecular formula is C13H22N2O. The van der Waals surface area contributed by atoms with Gasteiger partial charge in [-0.15, -0.1) is 0 Å². The first-order valence-electron chi connectivity index (χ1n) is 6.27. The molecule has 0 spiro atoms. The van der Waals surface area contributed by atoms with E-state index < -0.39 is 0 Å². The van der Waals surface area contributed by atoms with E-state index in [4.69, 9.17) is 4.42 Å². The molecule has 1 aliphatic heterocycles. The summed E-state index contributed by atoms with van der Waals surface area (Å²) in [6, 6.07) is 3.97. The minimum Gasteiger partial charge on any atom is -0.469 e. The molecule has 2 heterocycles. The predicted octanol–water partition coefficient (Wildman–Crippen LogP) is 1.94. The molecule has 2 N–H and O–H groups in total. The third kappa shape index (κ3) is 3.35. The second kappa shape index (κ2) is 5.51. The standard InChI is InChI=1S/C13H22N2O/c1-13(7-2-3-8-15-13)11-14-9-6-12-5-4-10-16-12/h4-5,10,14-15H,2-3,6-9,11H2,1H3. The van der Waals surface area contributed by atoms with E-state index in [9.17, 15) is 0 Å². The Morgan fingerprint density at radius 1 is 1.50 bits per heavy atom. The highest BCUT2D eigenvalue weighted by molar-refractivity contribution is 4.98. The topological polar surface area (TPSA) is 37.2 Å². The zero-order chi connectivity index (χ0) is 11.3. The number of hydrogen-bond acceptors (Lipinski definition) is 3. The van der Waals surface area contributed by atoms with Crippen LogP contribution < -0.4 is 10.6 Å². The molecule has 0 amide bonds. The van der Waals surface area contributed by atoms with Gasteiger partial charge in [0.05, 0.1) is 6.26 Å². The SMILES string of the molecule is CC1(CNCCc2ccco2)CCCCN1. The Balaban J connectivity index is 1.63. The van der Waals surface area contributed by atoms with Gasteiger partial charge in [-0.05, 0) is 38.4 Å². The van der Waals surface area contributed by atoms with Gasteiger partial charge in [0.2, 0.25) is 0 Å². The average Bonchev–Trinajstić information content (AvgIpc) is 2.78. The molecule has 2 rings (SSSR count). The van der Waals surface area contributed by atoms with E-state index in [1.807, 2.05) is 12.1 Å². The van der Waals surface area contributed by atoms with Gasteiger partial charge in [0, 0.05) is 25.0 Å². The van der Waals surface area contributed by atoms with Crippen molar-refractivity contribution in [3.63, 3.8) is 0 Å². The van der Waals surface area contributed by atoms with E-state index in [0.29, 0.717) is 5.54 Å². The zero-order valence-corrected chi connectivity index (χ0v) is 10.1. The van der Waals surface area contributed by atoms with Crippen molar-refractivity contribution in [1.29, 1.82) is 0 Å². The molecule has 1 atom stereocenters. The van der Waals surface area contributed by atoms with Gasteiger partial charge in [0.25, 0.3) is 0 Å². The summed E-state index contributed by atoms with van der Waals surface area (Å²) in [5, 5.41) is 7.11. The fraction of sp³-hybridized carbons (Fsp3) is 0.692. The normalized spacial score (nSPS) is 25.8. The summed E-state index contributed by atoms with van der Waals surface area (Å²) in [7, 11) is 0. The fourth-order valence-electron chi connectivity index (χ4n) is 2.30. The summed E-state index contributed by atoms with van der Waals surface area (Å²) in [5.41, 5.74) is 0.293. The van der Waals surface area contributed by atoms with Crippen LogP contribution in [-0.2, 0) is 6.42 Å². The molecule has 1 aliphatic rings. The van der Waals surface area contributed by atoms with Crippen molar-refractivity contribution in [2.24, 2.45) is 0 Å². The molecule has 0 aromatic carbocycles. The summed E-state index contributed by atoms with van der Waals surface area (Å²) < 4.78 is 5.30. The quantitative estimate of drug-likeness (QED) is 0.748. The highest BCUT2D eigenvalue weighted by Gasteiger charge is 2.25. The fourth-order valence-corrected chi connectivity index (χ4v) is 2.30. The van der Waals surface area contributed by atoms with E-state index in [1.54, 1.807) is 6.26 Å². The summed E-state index contributed by atoms with van der Waals surface area (Å²) in [6.07, 6.45) is 6.66. The van der Waals surface area contributed by atoms with Gasteiger partial charge in [-0.25, -0.2) is 0 Å². The molecule has 1 aromatic heterocycles. The lowest BCUT2D eigenvalue weighted by molar-refractivity contribution is 0.267. The lowest BCUT2D eigenvalue weighted by atomic mass is 9.91. The molecule has 90 valence electrons. The van der Waals surface area contributed by atoms with Gasteiger partial charge < -0.3 is 15.1 Å². The molecular weight excluding hydrogens is 200 g/mol. The molecule has 0 radical (unpaired) electrons. The van der Waals surface area contributed by atoms with Crippen LogP contribution >= 0.6 is 0 Å². The Bertz CT molecular complexity index is 289. The Kier molecular flexibility index (Phi) is 4.02. The van der Waals surface area contributed by atoms with Crippen LogP contribution in [0.5, 0.6) is 0 Å². The van der Waals surface area contributed by atoms with Crippen LogP contribution in [0.25, 0.3) is 0 Å². The predicted molar refractivity (Wildman–Crippen MR) is 65.5 cm³/mol. The van der Waals surface area contributed by atoms with Crippen molar-refractivity contribution in [3.8, 4) is 0 Å². The van der Waals surface area contributed by atoms with Gasteiger partial charge in [-0.2, -0.15) is 0 Å². The highest BCUT2D eigenvalue weighted by Crippen LogP contribution is 2.17. The average molecular weight is 222 g/mol. The molecule has 1 fully saturated rings. The van der Waals surface area contributed by atoms with Crippen molar-refractivity contribution in [1.82, 2.24) is 10.6 Å². The second-order valence-electron chi connectivity index (χ2n) is 4.95. The Hall–Kier alpha value is -0.800. The van der Waals surface area contributed by atoms with Crippen LogP contribution in [0.1, 0.15) is 31.9 Å². The number of piperidine rings is 1. The van der Waals surface area contributed by atoms with E-state index >= 15 is 0 Å². The minimum absolute atomic E-state index is 0.293. The second-order valence-corrected chi connectivity index (χ2v) is 4.95. The maximum atomic E-state index is 5.30. The first kappa shape index (κ1) is 11.7. The van der Waals surface area contributed by atoms with Gasteiger partial charge in [-0.3, -0.25) is 0 Å². The molecule has 1 aromatic rings. The van der Waals surface area contributed by atoms with Gasteiger partial charge in [0.15, 0.2) is 0 Å². The molecule has 3 heteroatoms. The van der Waals surface area contributed by atoms with Crippen molar-refractivity contribution in [3.05, 3.63) is 24.2 Å². The van der Waals surface area contributed by atoms with E-state index in [-0.39, 0.29) is 0 Å². The summed E-state index contributed by atoms with van der Waals surface area (Å²) in [5.74, 6) is 1.06. The van der Waals surface area contributed by atoms with Crippen molar-refractivity contribution in [2.75, 3.05) is 19.6 Å². The Morgan fingerprint density at radius 2 is 2.44 bits per heavy atom. The van der Waals surface area contributed by atoms with Crippen LogP contribution in [0.3, 0.4) is 0 Å². The molecule has 1 saturated heterocycles. The van der Waals surface area contributed by atoms with E-state index in [2.05, 4.69) is 17.6 Å². The minimum atomic E-state index is 0.293. The monoisotopic (exact) mass is 222 g/mol. The highest BCUT2D eigenvalue weighted by atomic mass is 16.3. The van der Waals surface area contributed by atoms with Crippen LogP contribution in [-0.4, -0.2) is 25.2 Å². The third-order valence-electron chi connectivity index (χ3n) is 3.35. The van der Waals surface area contributed by atoms with Crippen molar-refractivity contribution in [2.45, 2.75) is 38.1 Å². The molecule has 0 saturated carbocycles. The first-order chi connectivity index (χ1) is 7.79. The largest absolute Gasteiger partial charge is 0.469 e. The van der Waals surface area contributed by atoms with Crippen LogP contribution in [0.4, 0.5) is 0 Å². The summed E-state index contributed by atoms with van der Waals surface area (Å²) in [6.45, 7) is 5.51. The van der Waals surface area contributed by atoms with Crippen molar-refractivity contribution < 1.29 is 4.42 Å². The Morgan fingerprint density at radius 3 is 3.12 bits per heavy atom. The maximum absolute atomic E-state index is 5.30. The van der Waals surface area contributed by atoms with Crippen LogP contribution in [0.15, 0.2) is 22.8 Å². The van der Waals surface area contributed by atoms with E-state index in [0.717, 1.165) is 31.8 Å². The first-order valence-corrected chi connectivity index (χ1v) is 6.27. The van der Waals surface area contributed by atoms with E-state index in [1.165, 1.54) is 19.3 Å². The number of furan rings is 1. The Labute approximate surface area is 97.6 Å². The number of hydrogen-bond donors (Lipinski definition) is 2. The zero-order valence-electron chi connectivity index (χ0n) is 10.1. The van der Waals surface area contributed by atoms with Crippen molar-refractivity contribution >= 4 is 0 Å². The number of nitrogens with one attached hydrogen (secondary N) is 2. The van der Waals surface area contributed by atoms with Gasteiger partial charge in [0.1, 0.15) is 5.76 Å². The van der Waals surface area contributed by atoms with Crippen LogP contribution in [0, 0.1) is 0 Å². The lowest BCUT2D eigenvalue weighted by Crippen LogP contribution is -2.52. The molecule has 0 aliphatic carbocycles. The maximum Gasteiger partial charge on any atom is 0.105 e. The molecule has 0 bridgehead atoms. The smallest absolute Gasteiger partial charge is 0.105 e. The van der Waals surface area contributed by atoms with Crippen LogP contribution in [0.2, 0.25) is 0 Å². The van der Waals surface area contributed by atoms with Gasteiger partial charge in [-0.1, -0.05) is 6.42 Å².